The number of rotatable bonds is 2. The van der Waals surface area contributed by atoms with Crippen molar-refractivity contribution in [2.24, 2.45) is 0 Å². The maximum atomic E-state index is 13.7. The molecule has 4 nitrogen and oxygen atoms in total. The van der Waals surface area contributed by atoms with Gasteiger partial charge in [-0.1, -0.05) is 36.4 Å². The fourth-order valence-electron chi connectivity index (χ4n) is 5.07. The fourth-order valence-corrected chi connectivity index (χ4v) is 5.07. The van der Waals surface area contributed by atoms with Crippen LogP contribution in [-0.2, 0) is 4.79 Å². The first-order valence-electron chi connectivity index (χ1n) is 10.4. The molecular weight excluding hydrogens is 367 g/mol. The van der Waals surface area contributed by atoms with Gasteiger partial charge in [-0.2, -0.15) is 0 Å². The lowest BCUT2D eigenvalue weighted by Gasteiger charge is -2.49. The quantitative estimate of drug-likeness (QED) is 0.765. The van der Waals surface area contributed by atoms with E-state index in [1.807, 2.05) is 28.0 Å². The zero-order valence-corrected chi connectivity index (χ0v) is 16.8. The van der Waals surface area contributed by atoms with Gasteiger partial charge >= 0.3 is 0 Å². The zero-order chi connectivity index (χ0) is 20.4. The van der Waals surface area contributed by atoms with Crippen LogP contribution in [0.5, 0.6) is 0 Å². The highest BCUT2D eigenvalue weighted by atomic mass is 19.1. The molecule has 0 N–H and O–H groups in total. The smallest absolute Gasteiger partial charge is 0.254 e. The molecule has 2 aromatic rings. The van der Waals surface area contributed by atoms with Gasteiger partial charge in [0.05, 0.1) is 12.1 Å². The molecule has 2 aliphatic rings. The summed E-state index contributed by atoms with van der Waals surface area (Å²) in [6.07, 6.45) is 3.56. The van der Waals surface area contributed by atoms with Crippen LogP contribution in [0.15, 0.2) is 54.6 Å². The first-order chi connectivity index (χ1) is 14.1. The molecule has 2 amide bonds. The number of halogens is 1. The van der Waals surface area contributed by atoms with Crippen molar-refractivity contribution in [2.75, 3.05) is 13.1 Å². The third-order valence-electron chi connectivity index (χ3n) is 6.36. The average Bonchev–Trinajstić information content (AvgIpc) is 2.96. The highest BCUT2D eigenvalue weighted by molar-refractivity contribution is 5.94. The number of hydrogen-bond donors (Lipinski definition) is 0. The predicted molar refractivity (Wildman–Crippen MR) is 110 cm³/mol. The summed E-state index contributed by atoms with van der Waals surface area (Å²) in [4.78, 5) is 29.7. The minimum atomic E-state index is -0.405. The molecule has 2 saturated heterocycles. The van der Waals surface area contributed by atoms with Crippen molar-refractivity contribution in [2.45, 2.75) is 50.6 Å². The second-order valence-electron chi connectivity index (χ2n) is 8.08. The second-order valence-corrected chi connectivity index (χ2v) is 8.08. The van der Waals surface area contributed by atoms with Gasteiger partial charge < -0.3 is 9.80 Å². The molecular formula is C24H27FN2O2. The Hall–Kier alpha value is -2.69. The average molecular weight is 394 g/mol. The van der Waals surface area contributed by atoms with E-state index in [4.69, 9.17) is 0 Å². The van der Waals surface area contributed by atoms with E-state index in [-0.39, 0.29) is 29.8 Å². The van der Waals surface area contributed by atoms with Gasteiger partial charge in [0.25, 0.3) is 5.91 Å². The van der Waals surface area contributed by atoms with Crippen molar-refractivity contribution in [1.29, 1.82) is 0 Å². The van der Waals surface area contributed by atoms with Crippen LogP contribution in [0.3, 0.4) is 0 Å². The molecule has 152 valence electrons. The number of piperidine rings is 1. The highest BCUT2D eigenvalue weighted by Gasteiger charge is 2.45. The Morgan fingerprint density at radius 1 is 0.931 bits per heavy atom. The molecule has 2 fully saturated rings. The van der Waals surface area contributed by atoms with E-state index in [0.29, 0.717) is 12.1 Å². The second kappa shape index (κ2) is 8.36. The largest absolute Gasteiger partial charge is 0.337 e. The third kappa shape index (κ3) is 3.91. The molecule has 4 rings (SSSR count). The standard InChI is InChI=1S/C24H27FN2O2/c1-17(28)26-14-6-5-12-22-23(26)21(18-8-3-2-4-9-18)13-15-27(22)24(29)19-10-7-11-20(25)16-19/h2-4,7-11,16,21-23H,5-6,12-15H2,1H3/t21-,22-,23-/m1/s1. The van der Waals surface area contributed by atoms with E-state index < -0.39 is 5.82 Å². The molecule has 0 aromatic heterocycles. The molecule has 0 aliphatic carbocycles. The van der Waals surface area contributed by atoms with Gasteiger partial charge in [0.15, 0.2) is 0 Å². The van der Waals surface area contributed by atoms with Gasteiger partial charge in [-0.05, 0) is 49.4 Å². The summed E-state index contributed by atoms with van der Waals surface area (Å²) >= 11 is 0. The van der Waals surface area contributed by atoms with Crippen LogP contribution in [0, 0.1) is 5.82 Å². The normalized spacial score (nSPS) is 24.6. The number of hydrogen-bond acceptors (Lipinski definition) is 2. The van der Waals surface area contributed by atoms with Gasteiger partial charge in [0.1, 0.15) is 5.82 Å². The summed E-state index contributed by atoms with van der Waals surface area (Å²) in [5, 5.41) is 0. The van der Waals surface area contributed by atoms with Crippen LogP contribution in [-0.4, -0.2) is 46.8 Å². The summed E-state index contributed by atoms with van der Waals surface area (Å²) in [5.74, 6) is -0.295. The fraction of sp³-hybridized carbons (Fsp3) is 0.417. The first-order valence-corrected chi connectivity index (χ1v) is 10.4. The molecule has 2 aliphatic heterocycles. The summed E-state index contributed by atoms with van der Waals surface area (Å²) in [7, 11) is 0. The van der Waals surface area contributed by atoms with Crippen LogP contribution in [0.2, 0.25) is 0 Å². The molecule has 5 heteroatoms. The maximum Gasteiger partial charge on any atom is 0.254 e. The molecule has 0 unspecified atom stereocenters. The van der Waals surface area contributed by atoms with Gasteiger partial charge in [0.2, 0.25) is 5.91 Å². The van der Waals surface area contributed by atoms with E-state index in [9.17, 15) is 14.0 Å². The number of carbonyl (C=O) groups excluding carboxylic acids is 2. The summed E-state index contributed by atoms with van der Waals surface area (Å²) in [5.41, 5.74) is 1.59. The van der Waals surface area contributed by atoms with Crippen LogP contribution >= 0.6 is 0 Å². The molecule has 0 bridgehead atoms. The van der Waals surface area contributed by atoms with Crippen molar-refractivity contribution in [3.05, 3.63) is 71.5 Å². The topological polar surface area (TPSA) is 40.6 Å². The van der Waals surface area contributed by atoms with Gasteiger partial charge in [-0.3, -0.25) is 9.59 Å². The summed E-state index contributed by atoms with van der Waals surface area (Å²) < 4.78 is 13.7. The van der Waals surface area contributed by atoms with Crippen LogP contribution < -0.4 is 0 Å². The van der Waals surface area contributed by atoms with Crippen LogP contribution in [0.25, 0.3) is 0 Å². The highest BCUT2D eigenvalue weighted by Crippen LogP contribution is 2.39. The van der Waals surface area contributed by atoms with E-state index in [1.54, 1.807) is 19.1 Å². The molecule has 0 saturated carbocycles. The Kier molecular flexibility index (Phi) is 5.65. The number of nitrogens with zero attached hydrogens (tertiary/aromatic N) is 2. The van der Waals surface area contributed by atoms with E-state index in [2.05, 4.69) is 12.1 Å². The Morgan fingerprint density at radius 2 is 1.72 bits per heavy atom. The molecule has 2 heterocycles. The van der Waals surface area contributed by atoms with Crippen molar-refractivity contribution in [3.63, 3.8) is 0 Å². The van der Waals surface area contributed by atoms with Gasteiger partial charge in [0, 0.05) is 31.5 Å². The zero-order valence-electron chi connectivity index (χ0n) is 16.8. The summed E-state index contributed by atoms with van der Waals surface area (Å²) in [6.45, 7) is 2.96. The van der Waals surface area contributed by atoms with E-state index in [0.717, 1.165) is 32.2 Å². The lowest BCUT2D eigenvalue weighted by Crippen LogP contribution is -2.60. The number of benzene rings is 2. The number of carbonyl (C=O) groups is 2. The SMILES string of the molecule is CC(=O)N1CCCC[C@@H]2[C@H]1[C@@H](c1ccccc1)CCN2C(=O)c1cccc(F)c1. The number of fused-ring (bicyclic) bond motifs is 1. The minimum Gasteiger partial charge on any atom is -0.337 e. The van der Waals surface area contributed by atoms with E-state index >= 15 is 0 Å². The molecule has 29 heavy (non-hydrogen) atoms. The van der Waals surface area contributed by atoms with E-state index in [1.165, 1.54) is 17.7 Å². The molecule has 0 radical (unpaired) electrons. The Balaban J connectivity index is 1.72. The van der Waals surface area contributed by atoms with Crippen molar-refractivity contribution in [3.8, 4) is 0 Å². The third-order valence-corrected chi connectivity index (χ3v) is 6.36. The van der Waals surface area contributed by atoms with Gasteiger partial charge in [-0.15, -0.1) is 0 Å². The molecule has 3 atom stereocenters. The van der Waals surface area contributed by atoms with Crippen molar-refractivity contribution < 1.29 is 14.0 Å². The number of likely N-dealkylation sites (tertiary alicyclic amines) is 2. The molecule has 0 spiro atoms. The first kappa shape index (κ1) is 19.6. The molecule has 2 aromatic carbocycles. The van der Waals surface area contributed by atoms with Gasteiger partial charge in [-0.25, -0.2) is 4.39 Å². The number of amides is 2. The lowest BCUT2D eigenvalue weighted by atomic mass is 9.78. The van der Waals surface area contributed by atoms with Crippen molar-refractivity contribution in [1.82, 2.24) is 9.80 Å². The van der Waals surface area contributed by atoms with Crippen LogP contribution in [0.1, 0.15) is 54.4 Å². The minimum absolute atomic E-state index is 0.0522. The lowest BCUT2D eigenvalue weighted by molar-refractivity contribution is -0.133. The predicted octanol–water partition coefficient (Wildman–Crippen LogP) is 4.23. The Morgan fingerprint density at radius 3 is 2.45 bits per heavy atom. The Labute approximate surface area is 171 Å². The monoisotopic (exact) mass is 394 g/mol. The summed E-state index contributed by atoms with van der Waals surface area (Å²) in [6, 6.07) is 16.1. The van der Waals surface area contributed by atoms with Crippen LogP contribution in [0.4, 0.5) is 4.39 Å². The van der Waals surface area contributed by atoms with Crippen molar-refractivity contribution >= 4 is 11.8 Å². The maximum absolute atomic E-state index is 13.7. The Bertz CT molecular complexity index is 885.